The predicted octanol–water partition coefficient (Wildman–Crippen LogP) is -2.18. The van der Waals surface area contributed by atoms with E-state index in [1.54, 1.807) is 0 Å². The van der Waals surface area contributed by atoms with Crippen molar-refractivity contribution in [1.82, 2.24) is 24.8 Å². The van der Waals surface area contributed by atoms with Crippen molar-refractivity contribution >= 4 is 41.2 Å². The first-order valence-corrected chi connectivity index (χ1v) is 10.2. The van der Waals surface area contributed by atoms with Gasteiger partial charge in [-0.05, 0) is 6.42 Å². The van der Waals surface area contributed by atoms with Crippen molar-refractivity contribution in [2.45, 2.75) is 43.4 Å². The van der Waals surface area contributed by atoms with Gasteiger partial charge in [-0.25, -0.2) is 9.97 Å². The van der Waals surface area contributed by atoms with Crippen molar-refractivity contribution in [3.05, 3.63) is 11.0 Å². The van der Waals surface area contributed by atoms with E-state index < -0.39 is 55.5 Å². The van der Waals surface area contributed by atoms with Crippen molar-refractivity contribution in [1.29, 1.82) is 0 Å². The van der Waals surface area contributed by atoms with E-state index in [0.717, 1.165) is 0 Å². The fourth-order valence-corrected chi connectivity index (χ4v) is 3.48. The lowest BCUT2D eigenvalue weighted by Gasteiger charge is -2.17. The fraction of sp³-hybridized carbons (Fsp3) is 0.588. The van der Waals surface area contributed by atoms with E-state index in [-0.39, 0.29) is 11.2 Å². The zero-order valence-electron chi connectivity index (χ0n) is 16.8. The molecule has 2 aromatic rings. The van der Waals surface area contributed by atoms with E-state index in [2.05, 4.69) is 25.6 Å². The highest BCUT2D eigenvalue weighted by Crippen LogP contribution is 2.31. The Morgan fingerprint density at radius 3 is 2.75 bits per heavy atom. The van der Waals surface area contributed by atoms with Crippen LogP contribution >= 0.6 is 12.2 Å². The molecule has 3 heterocycles. The van der Waals surface area contributed by atoms with E-state index >= 15 is 0 Å². The standard InChI is InChI=1S/C17H25N7O7S/c18-7(4-9(26)27)14(30)19-2-1-3-20-17-22-13-10(15(32)23-17)21-6-24(13)16-12(29)11(28)8(5-25)31-16/h6-8,11-12,16,25,28-29H,1-5,18H2,(H,19,30)(H,26,27)(H2,20,22,23,32)/t7?,8-,11-,12-,16-/m1/s1. The van der Waals surface area contributed by atoms with Crippen molar-refractivity contribution in [3.63, 3.8) is 0 Å². The number of aliphatic hydroxyl groups is 3. The van der Waals surface area contributed by atoms with E-state index in [1.165, 1.54) is 10.9 Å². The molecule has 1 amide bonds. The van der Waals surface area contributed by atoms with E-state index in [9.17, 15) is 24.9 Å². The van der Waals surface area contributed by atoms with Crippen LogP contribution in [0.1, 0.15) is 19.1 Å². The molecule has 1 unspecified atom stereocenters. The molecule has 0 aliphatic carbocycles. The number of rotatable bonds is 10. The summed E-state index contributed by atoms with van der Waals surface area (Å²) in [6.45, 7) is 0.201. The largest absolute Gasteiger partial charge is 0.481 e. The Morgan fingerprint density at radius 2 is 2.09 bits per heavy atom. The number of carboxylic acid groups (broad SMARTS) is 1. The normalized spacial score (nSPS) is 23.9. The van der Waals surface area contributed by atoms with Crippen LogP contribution in [0.2, 0.25) is 0 Å². The third kappa shape index (κ3) is 5.20. The van der Waals surface area contributed by atoms with E-state index in [0.29, 0.717) is 30.1 Å². The number of nitrogens with two attached hydrogens (primary N) is 1. The van der Waals surface area contributed by atoms with Crippen LogP contribution in [0.15, 0.2) is 6.33 Å². The third-order valence-corrected chi connectivity index (χ3v) is 5.20. The minimum Gasteiger partial charge on any atom is -0.481 e. The summed E-state index contributed by atoms with van der Waals surface area (Å²) in [5.74, 6) is -1.39. The second-order valence-corrected chi connectivity index (χ2v) is 7.63. The first-order chi connectivity index (χ1) is 15.2. The molecule has 0 saturated carbocycles. The Bertz CT molecular complexity index is 1030. The van der Waals surface area contributed by atoms with Gasteiger partial charge in [0, 0.05) is 13.1 Å². The van der Waals surface area contributed by atoms with E-state index in [1.807, 2.05) is 0 Å². The lowest BCUT2D eigenvalue weighted by molar-refractivity contribution is -0.139. The summed E-state index contributed by atoms with van der Waals surface area (Å²) in [6, 6.07) is -1.11. The van der Waals surface area contributed by atoms with Gasteiger partial charge in [0.15, 0.2) is 10.9 Å². The quantitative estimate of drug-likeness (QED) is 0.137. The number of ether oxygens (including phenoxy) is 1. The van der Waals surface area contributed by atoms with Gasteiger partial charge in [0.1, 0.15) is 29.5 Å². The molecule has 1 fully saturated rings. The SMILES string of the molecule is NC(CC(=O)O)C(=O)NCCCNc1nc(=S)c2ncn([C@@H]3O[C@H](CO)[C@@H](O)[C@H]3O)c2[nH]1. The summed E-state index contributed by atoms with van der Waals surface area (Å²) in [5, 5.41) is 43.8. The topological polar surface area (TPSA) is 221 Å². The average molecular weight is 471 g/mol. The molecule has 5 atom stereocenters. The first-order valence-electron chi connectivity index (χ1n) is 9.81. The highest BCUT2D eigenvalue weighted by Gasteiger charge is 2.43. The molecule has 15 heteroatoms. The number of aromatic nitrogens is 4. The summed E-state index contributed by atoms with van der Waals surface area (Å²) in [4.78, 5) is 33.7. The monoisotopic (exact) mass is 471 g/mol. The second kappa shape index (κ2) is 10.3. The Labute approximate surface area is 186 Å². The number of aliphatic hydroxyl groups excluding tert-OH is 3. The maximum atomic E-state index is 11.7. The van der Waals surface area contributed by atoms with Crippen molar-refractivity contribution < 1.29 is 34.8 Å². The number of carbonyl (C=O) groups is 2. The molecule has 9 N–H and O–H groups in total. The Kier molecular flexibility index (Phi) is 7.70. The zero-order valence-corrected chi connectivity index (χ0v) is 17.7. The number of hydrogen-bond donors (Lipinski definition) is 8. The van der Waals surface area contributed by atoms with Crippen LogP contribution in [0.5, 0.6) is 0 Å². The van der Waals surface area contributed by atoms with Crippen LogP contribution in [0.4, 0.5) is 5.95 Å². The smallest absolute Gasteiger partial charge is 0.305 e. The molecule has 2 aromatic heterocycles. The zero-order chi connectivity index (χ0) is 23.4. The van der Waals surface area contributed by atoms with Gasteiger partial charge in [0.25, 0.3) is 0 Å². The van der Waals surface area contributed by atoms with Gasteiger partial charge >= 0.3 is 5.97 Å². The number of H-pyrrole nitrogens is 1. The van der Waals surface area contributed by atoms with Gasteiger partial charge in [-0.3, -0.25) is 14.2 Å². The van der Waals surface area contributed by atoms with Crippen LogP contribution in [0.3, 0.4) is 0 Å². The van der Waals surface area contributed by atoms with Gasteiger partial charge in [-0.15, -0.1) is 0 Å². The lowest BCUT2D eigenvalue weighted by Crippen LogP contribution is -2.42. The minimum absolute atomic E-state index is 0.194. The highest BCUT2D eigenvalue weighted by molar-refractivity contribution is 7.71. The van der Waals surface area contributed by atoms with Crippen molar-refractivity contribution in [2.75, 3.05) is 25.0 Å². The number of aliphatic carboxylic acids is 1. The molecule has 1 aliphatic rings. The number of carboxylic acids is 1. The number of amides is 1. The van der Waals surface area contributed by atoms with Gasteiger partial charge < -0.3 is 46.5 Å². The molecule has 0 bridgehead atoms. The van der Waals surface area contributed by atoms with Crippen LogP contribution in [0.25, 0.3) is 11.2 Å². The number of anilines is 1. The Hall–Kier alpha value is -2.69. The van der Waals surface area contributed by atoms with Crippen LogP contribution < -0.4 is 16.4 Å². The summed E-state index contributed by atoms with van der Waals surface area (Å²) >= 11 is 5.27. The Balaban J connectivity index is 1.62. The van der Waals surface area contributed by atoms with Gasteiger partial charge in [-0.2, -0.15) is 0 Å². The highest BCUT2D eigenvalue weighted by atomic mass is 32.1. The lowest BCUT2D eigenvalue weighted by atomic mass is 10.1. The summed E-state index contributed by atoms with van der Waals surface area (Å²) in [6.07, 6.45) is -3.05. The maximum absolute atomic E-state index is 11.7. The molecule has 1 saturated heterocycles. The summed E-state index contributed by atoms with van der Waals surface area (Å²) in [5.41, 5.74) is 6.25. The number of nitrogens with zero attached hydrogens (tertiary/aromatic N) is 3. The Morgan fingerprint density at radius 1 is 1.34 bits per heavy atom. The number of nitrogens with one attached hydrogen (secondary N) is 3. The molecule has 3 rings (SSSR count). The third-order valence-electron chi connectivity index (χ3n) is 4.91. The van der Waals surface area contributed by atoms with Crippen molar-refractivity contribution in [2.24, 2.45) is 5.73 Å². The molecule has 32 heavy (non-hydrogen) atoms. The molecular formula is C17H25N7O7S. The number of imidazole rings is 1. The van der Waals surface area contributed by atoms with Crippen LogP contribution in [-0.4, -0.2) is 95.9 Å². The van der Waals surface area contributed by atoms with Gasteiger partial charge in [0.05, 0.1) is 25.4 Å². The van der Waals surface area contributed by atoms with Crippen molar-refractivity contribution in [3.8, 4) is 0 Å². The summed E-state index contributed by atoms with van der Waals surface area (Å²) in [7, 11) is 0. The van der Waals surface area contributed by atoms with Gasteiger partial charge in [0.2, 0.25) is 11.9 Å². The fourth-order valence-electron chi connectivity index (χ4n) is 3.24. The summed E-state index contributed by atoms with van der Waals surface area (Å²) < 4.78 is 7.20. The molecular weight excluding hydrogens is 446 g/mol. The molecule has 0 aromatic carbocycles. The average Bonchev–Trinajstić information content (AvgIpc) is 3.28. The number of aromatic amines is 1. The minimum atomic E-state index is -1.28. The molecule has 14 nitrogen and oxygen atoms in total. The van der Waals surface area contributed by atoms with Crippen LogP contribution in [0, 0.1) is 4.64 Å². The van der Waals surface area contributed by atoms with E-state index in [4.69, 9.17) is 27.8 Å². The number of hydrogen-bond acceptors (Lipinski definition) is 11. The molecule has 1 aliphatic heterocycles. The molecule has 176 valence electrons. The first kappa shape index (κ1) is 24.0. The number of carbonyl (C=O) groups excluding carboxylic acids is 1. The second-order valence-electron chi connectivity index (χ2n) is 7.24. The predicted molar refractivity (Wildman–Crippen MR) is 112 cm³/mol. The maximum Gasteiger partial charge on any atom is 0.305 e. The molecule has 0 spiro atoms. The molecule has 0 radical (unpaired) electrons. The number of fused-ring (bicyclic) bond motifs is 1. The van der Waals surface area contributed by atoms with Crippen LogP contribution in [-0.2, 0) is 14.3 Å². The van der Waals surface area contributed by atoms with Gasteiger partial charge in [-0.1, -0.05) is 12.2 Å².